The minimum Gasteiger partial charge on any atom is -0.416 e. The normalized spacial score (nSPS) is 15.9. The zero-order valence-corrected chi connectivity index (χ0v) is 16.1. The molecule has 1 aromatic carbocycles. The SMILES string of the molecule is C[C@H](Sc1nnc(Cc2ccccc2)o1)C(=O)NC(=O)NC1CCCCC1. The standard InChI is InChI=1S/C19H24N4O3S/c1-13(17(24)21-18(25)20-15-10-6-3-7-11-15)27-19-23-22-16(26-19)12-14-8-4-2-5-9-14/h2,4-5,8-9,13,15H,3,6-7,10-12H2,1H3,(H2,20,21,24,25)/t13-/m0/s1. The molecule has 7 nitrogen and oxygen atoms in total. The van der Waals surface area contributed by atoms with E-state index in [4.69, 9.17) is 4.42 Å². The van der Waals surface area contributed by atoms with Crippen LogP contribution in [0.4, 0.5) is 4.79 Å². The number of thioether (sulfide) groups is 1. The van der Waals surface area contributed by atoms with Gasteiger partial charge in [0.2, 0.25) is 11.8 Å². The van der Waals surface area contributed by atoms with E-state index in [0.29, 0.717) is 17.5 Å². The third-order valence-electron chi connectivity index (χ3n) is 4.47. The predicted octanol–water partition coefficient (Wildman–Crippen LogP) is 3.30. The topological polar surface area (TPSA) is 97.1 Å². The highest BCUT2D eigenvalue weighted by Gasteiger charge is 2.22. The number of carbonyl (C=O) groups is 2. The van der Waals surface area contributed by atoms with Crippen LogP contribution in [0.5, 0.6) is 0 Å². The van der Waals surface area contributed by atoms with Crippen LogP contribution >= 0.6 is 11.8 Å². The number of rotatable bonds is 6. The van der Waals surface area contributed by atoms with Crippen molar-refractivity contribution >= 4 is 23.7 Å². The van der Waals surface area contributed by atoms with Crippen LogP contribution in [0.15, 0.2) is 40.0 Å². The number of aromatic nitrogens is 2. The lowest BCUT2D eigenvalue weighted by Gasteiger charge is -2.22. The molecule has 1 fully saturated rings. The molecule has 0 aliphatic heterocycles. The second kappa shape index (κ2) is 9.55. The first kappa shape index (κ1) is 19.4. The van der Waals surface area contributed by atoms with E-state index >= 15 is 0 Å². The number of hydrogen-bond donors (Lipinski definition) is 2. The first-order valence-corrected chi connectivity index (χ1v) is 10.1. The Balaban J connectivity index is 1.45. The van der Waals surface area contributed by atoms with E-state index in [9.17, 15) is 9.59 Å². The Hall–Kier alpha value is -2.35. The van der Waals surface area contributed by atoms with Crippen molar-refractivity contribution in [2.75, 3.05) is 0 Å². The van der Waals surface area contributed by atoms with Gasteiger partial charge in [-0.3, -0.25) is 10.1 Å². The van der Waals surface area contributed by atoms with Crippen molar-refractivity contribution in [3.05, 3.63) is 41.8 Å². The summed E-state index contributed by atoms with van der Waals surface area (Å²) in [6, 6.07) is 9.54. The molecule has 1 aromatic heterocycles. The summed E-state index contributed by atoms with van der Waals surface area (Å²) in [5.74, 6) is 0.113. The number of amides is 3. The fraction of sp³-hybridized carbons (Fsp3) is 0.474. The van der Waals surface area contributed by atoms with Crippen LogP contribution in [-0.4, -0.2) is 33.4 Å². The largest absolute Gasteiger partial charge is 0.416 e. The predicted molar refractivity (Wildman–Crippen MR) is 102 cm³/mol. The highest BCUT2D eigenvalue weighted by atomic mass is 32.2. The van der Waals surface area contributed by atoms with E-state index in [0.717, 1.165) is 43.0 Å². The van der Waals surface area contributed by atoms with Crippen LogP contribution in [0.25, 0.3) is 0 Å². The smallest absolute Gasteiger partial charge is 0.321 e. The van der Waals surface area contributed by atoms with Gasteiger partial charge in [-0.15, -0.1) is 10.2 Å². The van der Waals surface area contributed by atoms with Crippen molar-refractivity contribution in [3.8, 4) is 0 Å². The number of benzene rings is 1. The zero-order valence-electron chi connectivity index (χ0n) is 15.3. The zero-order chi connectivity index (χ0) is 19.1. The van der Waals surface area contributed by atoms with E-state index in [1.807, 2.05) is 30.3 Å². The number of nitrogens with zero attached hydrogens (tertiary/aromatic N) is 2. The summed E-state index contributed by atoms with van der Waals surface area (Å²) >= 11 is 1.14. The Labute approximate surface area is 162 Å². The Bertz CT molecular complexity index is 759. The lowest BCUT2D eigenvalue weighted by molar-refractivity contribution is -0.119. The van der Waals surface area contributed by atoms with Crippen LogP contribution in [0.2, 0.25) is 0 Å². The van der Waals surface area contributed by atoms with Crippen molar-refractivity contribution in [2.45, 2.75) is 62.0 Å². The van der Waals surface area contributed by atoms with Gasteiger partial charge >= 0.3 is 6.03 Å². The van der Waals surface area contributed by atoms with Gasteiger partial charge in [0.15, 0.2) is 0 Å². The minimum absolute atomic E-state index is 0.158. The fourth-order valence-corrected chi connectivity index (χ4v) is 3.72. The molecule has 8 heteroatoms. The second-order valence-corrected chi connectivity index (χ2v) is 7.97. The van der Waals surface area contributed by atoms with E-state index in [1.165, 1.54) is 6.42 Å². The van der Waals surface area contributed by atoms with Crippen molar-refractivity contribution in [1.29, 1.82) is 0 Å². The molecule has 1 saturated carbocycles. The molecule has 0 unspecified atom stereocenters. The molecule has 1 aliphatic carbocycles. The summed E-state index contributed by atoms with van der Waals surface area (Å²) in [6.07, 6.45) is 5.93. The van der Waals surface area contributed by atoms with Crippen LogP contribution < -0.4 is 10.6 Å². The average molecular weight is 388 g/mol. The van der Waals surface area contributed by atoms with Crippen molar-refractivity contribution in [1.82, 2.24) is 20.8 Å². The molecular weight excluding hydrogens is 364 g/mol. The van der Waals surface area contributed by atoms with Crippen LogP contribution in [0, 0.1) is 0 Å². The second-order valence-electron chi connectivity index (χ2n) is 6.68. The molecular formula is C19H24N4O3S. The van der Waals surface area contributed by atoms with Gasteiger partial charge in [-0.2, -0.15) is 0 Å². The molecule has 1 atom stereocenters. The molecule has 0 spiro atoms. The van der Waals surface area contributed by atoms with E-state index in [2.05, 4.69) is 20.8 Å². The van der Waals surface area contributed by atoms with E-state index in [1.54, 1.807) is 6.92 Å². The van der Waals surface area contributed by atoms with E-state index in [-0.39, 0.29) is 11.9 Å². The first-order valence-electron chi connectivity index (χ1n) is 9.24. The third kappa shape index (κ3) is 6.09. The summed E-state index contributed by atoms with van der Waals surface area (Å²) in [4.78, 5) is 24.2. The Morgan fingerprint density at radius 3 is 2.67 bits per heavy atom. The first-order chi connectivity index (χ1) is 13.1. The molecule has 2 N–H and O–H groups in total. The molecule has 144 valence electrons. The molecule has 1 heterocycles. The van der Waals surface area contributed by atoms with Crippen molar-refractivity contribution in [2.24, 2.45) is 0 Å². The minimum atomic E-state index is -0.521. The van der Waals surface area contributed by atoms with Gasteiger partial charge in [0.25, 0.3) is 5.22 Å². The molecule has 0 saturated heterocycles. The fourth-order valence-electron chi connectivity index (χ4n) is 3.01. The maximum absolute atomic E-state index is 12.2. The molecule has 27 heavy (non-hydrogen) atoms. The maximum atomic E-state index is 12.2. The number of hydrogen-bond acceptors (Lipinski definition) is 6. The summed E-state index contributed by atoms with van der Waals surface area (Å²) < 4.78 is 5.60. The highest BCUT2D eigenvalue weighted by molar-refractivity contribution is 8.00. The summed E-state index contributed by atoms with van der Waals surface area (Å²) in [6.45, 7) is 1.70. The monoisotopic (exact) mass is 388 g/mol. The Kier molecular flexibility index (Phi) is 6.86. The summed E-state index contributed by atoms with van der Waals surface area (Å²) in [7, 11) is 0. The molecule has 3 rings (SSSR count). The van der Waals surface area contributed by atoms with Gasteiger partial charge in [-0.1, -0.05) is 61.4 Å². The van der Waals surface area contributed by atoms with Crippen LogP contribution in [0.3, 0.4) is 0 Å². The number of imide groups is 1. The summed E-state index contributed by atoms with van der Waals surface area (Å²) in [5.41, 5.74) is 1.07. The van der Waals surface area contributed by atoms with E-state index < -0.39 is 11.3 Å². The van der Waals surface area contributed by atoms with Gasteiger partial charge in [0.1, 0.15) is 0 Å². The van der Waals surface area contributed by atoms with Crippen molar-refractivity contribution in [3.63, 3.8) is 0 Å². The molecule has 2 aromatic rings. The van der Waals surface area contributed by atoms with Gasteiger partial charge < -0.3 is 9.73 Å². The molecule has 1 aliphatic rings. The van der Waals surface area contributed by atoms with Gasteiger partial charge in [-0.05, 0) is 25.3 Å². The highest BCUT2D eigenvalue weighted by Crippen LogP contribution is 2.23. The number of carbonyl (C=O) groups excluding carboxylic acids is 2. The van der Waals surface area contributed by atoms with Crippen LogP contribution in [-0.2, 0) is 11.2 Å². The quantitative estimate of drug-likeness (QED) is 0.737. The Morgan fingerprint density at radius 1 is 1.19 bits per heavy atom. The van der Waals surface area contributed by atoms with Gasteiger partial charge in [0, 0.05) is 6.04 Å². The molecule has 3 amide bonds. The maximum Gasteiger partial charge on any atom is 0.321 e. The van der Waals surface area contributed by atoms with Gasteiger partial charge in [-0.25, -0.2) is 4.79 Å². The summed E-state index contributed by atoms with van der Waals surface area (Å²) in [5, 5.41) is 13.0. The lowest BCUT2D eigenvalue weighted by atomic mass is 9.96. The van der Waals surface area contributed by atoms with Crippen molar-refractivity contribution < 1.29 is 14.0 Å². The Morgan fingerprint density at radius 2 is 1.93 bits per heavy atom. The molecule has 0 bridgehead atoms. The lowest BCUT2D eigenvalue weighted by Crippen LogP contribution is -2.47. The van der Waals surface area contributed by atoms with Crippen LogP contribution in [0.1, 0.15) is 50.5 Å². The number of urea groups is 1. The number of nitrogens with one attached hydrogen (secondary N) is 2. The average Bonchev–Trinajstić information content (AvgIpc) is 3.10. The third-order valence-corrected chi connectivity index (χ3v) is 5.40. The van der Waals surface area contributed by atoms with Gasteiger partial charge in [0.05, 0.1) is 11.7 Å². The molecule has 0 radical (unpaired) electrons.